The molecule has 1 aromatic rings. The van der Waals surface area contributed by atoms with Crippen molar-refractivity contribution in [3.63, 3.8) is 0 Å². The Hall–Kier alpha value is -2.19. The number of hydrogen-bond acceptors (Lipinski definition) is 4. The second-order valence-corrected chi connectivity index (χ2v) is 13.2. The van der Waals surface area contributed by atoms with E-state index in [-0.39, 0.29) is 11.5 Å². The first-order chi connectivity index (χ1) is 18.9. The minimum absolute atomic E-state index is 0.131. The van der Waals surface area contributed by atoms with Gasteiger partial charge in [-0.15, -0.1) is 0 Å². The molecular formula is C31H45BN4O2S. The van der Waals surface area contributed by atoms with Crippen LogP contribution in [0.25, 0.3) is 5.70 Å². The molecule has 1 aromatic heterocycles. The molecule has 1 fully saturated rings. The zero-order valence-electron chi connectivity index (χ0n) is 24.2. The number of nitrogens with one attached hydrogen (secondary N) is 3. The molecular weight excluding hydrogens is 503 g/mol. The van der Waals surface area contributed by atoms with E-state index in [4.69, 9.17) is 4.74 Å². The monoisotopic (exact) mass is 548 g/mol. The first-order valence-electron chi connectivity index (χ1n) is 15.0. The van der Waals surface area contributed by atoms with Crippen LogP contribution in [0.3, 0.4) is 0 Å². The molecule has 8 heteroatoms. The fraction of sp³-hybridized carbons (Fsp3) is 0.613. The third-order valence-corrected chi connectivity index (χ3v) is 9.97. The Kier molecular flexibility index (Phi) is 9.12. The van der Waals surface area contributed by atoms with Crippen LogP contribution in [0.15, 0.2) is 51.8 Å². The van der Waals surface area contributed by atoms with Crippen LogP contribution in [0.2, 0.25) is 0 Å². The number of rotatable bonds is 9. The quantitative estimate of drug-likeness (QED) is 0.331. The number of carbonyl (C=O) groups excluding carboxylic acids is 1. The van der Waals surface area contributed by atoms with Crippen LogP contribution in [0.5, 0.6) is 0 Å². The van der Waals surface area contributed by atoms with Gasteiger partial charge >= 0.3 is 226 Å². The van der Waals surface area contributed by atoms with Gasteiger partial charge in [-0.1, -0.05) is 13.3 Å². The molecule has 2 atom stereocenters. The standard InChI is InChI=1S/C31H45BN4O2S/c1-5-6-12-22-19-33-16-15-23(22)25(21(2)36-17-10-11-18-36)20-34-30(37)35-29-27(28-32-31(3,4)38-28)24-13-8-7-9-14-26(24)39-29/h10-11,17-18,24,26,33H,5-9,12-16,19-20H2,1-4H3,(H2,34,35,37)/b25-21+. The van der Waals surface area contributed by atoms with E-state index in [1.165, 1.54) is 72.9 Å². The molecule has 0 saturated heterocycles. The summed E-state index contributed by atoms with van der Waals surface area (Å²) in [6.07, 6.45) is 14.8. The van der Waals surface area contributed by atoms with E-state index in [0.717, 1.165) is 36.6 Å². The molecule has 0 radical (unpaired) electrons. The molecule has 39 heavy (non-hydrogen) atoms. The molecule has 4 aliphatic rings. The molecule has 5 rings (SSSR count). The Morgan fingerprint density at radius 2 is 2.00 bits per heavy atom. The number of aromatic nitrogens is 1. The average Bonchev–Trinajstić information content (AvgIpc) is 3.49. The molecule has 3 aliphatic heterocycles. The molecule has 210 valence electrons. The zero-order valence-corrected chi connectivity index (χ0v) is 25.0. The third-order valence-electron chi connectivity index (χ3n) is 8.55. The second-order valence-electron chi connectivity index (χ2n) is 11.9. The summed E-state index contributed by atoms with van der Waals surface area (Å²) in [5, 5.41) is 11.6. The van der Waals surface area contributed by atoms with Crippen LogP contribution >= 0.6 is 11.8 Å². The van der Waals surface area contributed by atoms with E-state index in [1.807, 2.05) is 11.8 Å². The number of allylic oxidation sites excluding steroid dienone is 1. The van der Waals surface area contributed by atoms with Gasteiger partial charge in [0, 0.05) is 0 Å². The van der Waals surface area contributed by atoms with Crippen LogP contribution in [-0.4, -0.2) is 53.6 Å². The van der Waals surface area contributed by atoms with Crippen molar-refractivity contribution < 1.29 is 9.53 Å². The van der Waals surface area contributed by atoms with Gasteiger partial charge in [0.05, 0.1) is 0 Å². The summed E-state index contributed by atoms with van der Waals surface area (Å²) in [7, 11) is 0. The van der Waals surface area contributed by atoms with E-state index in [0.29, 0.717) is 17.7 Å². The molecule has 2 amide bonds. The topological polar surface area (TPSA) is 67.3 Å². The zero-order chi connectivity index (χ0) is 27.4. The van der Waals surface area contributed by atoms with Gasteiger partial charge in [0.25, 0.3) is 0 Å². The number of urea groups is 1. The molecule has 0 aromatic carbocycles. The first-order valence-corrected chi connectivity index (χ1v) is 15.9. The van der Waals surface area contributed by atoms with E-state index >= 15 is 0 Å². The Labute approximate surface area is 239 Å². The molecule has 4 heterocycles. The summed E-state index contributed by atoms with van der Waals surface area (Å²) in [6, 6.07) is 3.98. The SMILES string of the molecule is CCCCC1=C(/C(CNC(=O)NC2=C(C3=BC(C)(C)O3)C3CCCCCC3S2)=C(\C)n2cccc2)CCNC1. The maximum atomic E-state index is 13.4. The van der Waals surface area contributed by atoms with Crippen LogP contribution in [0.4, 0.5) is 4.79 Å². The van der Waals surface area contributed by atoms with Crippen molar-refractivity contribution >= 4 is 36.1 Å². The number of hydrogen-bond donors (Lipinski definition) is 3. The van der Waals surface area contributed by atoms with Gasteiger partial charge in [0.15, 0.2) is 0 Å². The van der Waals surface area contributed by atoms with Crippen molar-refractivity contribution in [3.05, 3.63) is 51.8 Å². The summed E-state index contributed by atoms with van der Waals surface area (Å²) >= 11 is 1.85. The van der Waals surface area contributed by atoms with Gasteiger partial charge in [-0.3, -0.25) is 0 Å². The Morgan fingerprint density at radius 3 is 2.74 bits per heavy atom. The number of unbranched alkanes of at least 4 members (excludes halogenated alkanes) is 1. The van der Waals surface area contributed by atoms with Crippen molar-refractivity contribution in [1.29, 1.82) is 0 Å². The summed E-state index contributed by atoms with van der Waals surface area (Å²) in [5.41, 5.74) is 7.29. The Balaban J connectivity index is 1.37. The third kappa shape index (κ3) is 6.59. The van der Waals surface area contributed by atoms with Gasteiger partial charge in [0.1, 0.15) is 0 Å². The van der Waals surface area contributed by atoms with Crippen molar-refractivity contribution in [3.8, 4) is 0 Å². The number of thioether (sulfide) groups is 1. The second kappa shape index (κ2) is 12.5. The fourth-order valence-corrected chi connectivity index (χ4v) is 8.02. The van der Waals surface area contributed by atoms with Gasteiger partial charge in [0.2, 0.25) is 0 Å². The van der Waals surface area contributed by atoms with Crippen LogP contribution in [0, 0.1) is 5.92 Å². The molecule has 1 aliphatic carbocycles. The van der Waals surface area contributed by atoms with E-state index in [2.05, 4.69) is 79.7 Å². The number of amides is 2. The number of fused-ring (bicyclic) bond motifs is 1. The molecule has 0 bridgehead atoms. The fourth-order valence-electron chi connectivity index (χ4n) is 6.47. The molecule has 3 N–H and O–H groups in total. The number of carbonyl (C=O) groups is 1. The summed E-state index contributed by atoms with van der Waals surface area (Å²) in [5.74, 6) is 0.461. The molecule has 6 nitrogen and oxygen atoms in total. The van der Waals surface area contributed by atoms with Gasteiger partial charge in [-0.05, 0) is 0 Å². The van der Waals surface area contributed by atoms with Gasteiger partial charge < -0.3 is 0 Å². The number of ether oxygens (including phenoxy) is 1. The Bertz CT molecular complexity index is 1180. The molecule has 0 spiro atoms. The minimum atomic E-state index is -0.225. The average molecular weight is 549 g/mol. The summed E-state index contributed by atoms with van der Waals surface area (Å²) in [6.45, 7) is 13.2. The van der Waals surface area contributed by atoms with Gasteiger partial charge in [-0.2, -0.15) is 0 Å². The predicted octanol–water partition coefficient (Wildman–Crippen LogP) is 6.01. The van der Waals surface area contributed by atoms with Crippen molar-refractivity contribution in [2.75, 3.05) is 19.6 Å². The molecule has 1 saturated carbocycles. The van der Waals surface area contributed by atoms with E-state index in [9.17, 15) is 4.79 Å². The normalized spacial score (nSPS) is 25.0. The maximum absolute atomic E-state index is 13.4. The van der Waals surface area contributed by atoms with Crippen LogP contribution < -0.4 is 16.0 Å². The molecule has 2 unspecified atom stereocenters. The van der Waals surface area contributed by atoms with Crippen molar-refractivity contribution in [2.45, 2.75) is 96.2 Å². The first kappa shape index (κ1) is 28.3. The number of nitrogens with zero attached hydrogens (tertiary/aromatic N) is 1. The predicted molar refractivity (Wildman–Crippen MR) is 165 cm³/mol. The van der Waals surface area contributed by atoms with Crippen LogP contribution in [0.1, 0.15) is 85.5 Å². The van der Waals surface area contributed by atoms with E-state index in [1.54, 1.807) is 0 Å². The van der Waals surface area contributed by atoms with E-state index < -0.39 is 0 Å². The Morgan fingerprint density at radius 1 is 1.23 bits per heavy atom. The summed E-state index contributed by atoms with van der Waals surface area (Å²) < 4.78 is 8.37. The van der Waals surface area contributed by atoms with Crippen molar-refractivity contribution in [2.24, 2.45) is 5.92 Å². The van der Waals surface area contributed by atoms with Gasteiger partial charge in [-0.25, -0.2) is 0 Å². The van der Waals surface area contributed by atoms with Crippen LogP contribution in [-0.2, 0) is 4.74 Å². The van der Waals surface area contributed by atoms with Crippen molar-refractivity contribution in [1.82, 2.24) is 20.5 Å². The summed E-state index contributed by atoms with van der Waals surface area (Å²) in [4.78, 5) is 13.4.